The fraction of sp³-hybridized carbons (Fsp3) is 0.0769. The summed E-state index contributed by atoms with van der Waals surface area (Å²) >= 11 is 7.01. The van der Waals surface area contributed by atoms with Gasteiger partial charge in [0.2, 0.25) is 0 Å². The number of esters is 1. The second kappa shape index (κ2) is 5.97. The summed E-state index contributed by atoms with van der Waals surface area (Å²) in [5.41, 5.74) is -0.0741. The first kappa shape index (κ1) is 13.7. The molecule has 1 aromatic heterocycles. The number of thiazole rings is 1. The molecule has 0 aliphatic heterocycles. The molecule has 1 N–H and O–H groups in total. The Morgan fingerprint density at radius 1 is 1.53 bits per heavy atom. The molecule has 1 unspecified atom stereocenters. The lowest BCUT2D eigenvalue weighted by Crippen LogP contribution is -2.16. The molecule has 0 amide bonds. The first-order valence-corrected chi connectivity index (χ1v) is 6.57. The molecule has 0 aliphatic carbocycles. The molecule has 0 bridgehead atoms. The van der Waals surface area contributed by atoms with Crippen molar-refractivity contribution in [2.24, 2.45) is 0 Å². The Hall–Kier alpha value is -1.69. The molecule has 0 spiro atoms. The minimum Gasteiger partial charge on any atom is -0.423 e. The van der Waals surface area contributed by atoms with E-state index in [2.05, 4.69) is 11.6 Å². The summed E-state index contributed by atoms with van der Waals surface area (Å²) in [6, 6.07) is 6.42. The van der Waals surface area contributed by atoms with Gasteiger partial charge in [0.25, 0.3) is 0 Å². The van der Waals surface area contributed by atoms with E-state index in [1.54, 1.807) is 29.8 Å². The summed E-state index contributed by atoms with van der Waals surface area (Å²) in [5, 5.41) is 12.5. The summed E-state index contributed by atoms with van der Waals surface area (Å²) in [7, 11) is 0. The highest BCUT2D eigenvalue weighted by molar-refractivity contribution is 7.09. The van der Waals surface area contributed by atoms with E-state index in [1.807, 2.05) is 0 Å². The molecule has 0 fully saturated rings. The summed E-state index contributed by atoms with van der Waals surface area (Å²) in [4.78, 5) is 15.7. The van der Waals surface area contributed by atoms with Crippen LogP contribution in [0.1, 0.15) is 11.1 Å². The molecule has 1 atom stereocenters. The third kappa shape index (κ3) is 3.41. The van der Waals surface area contributed by atoms with Crippen LogP contribution in [0.15, 0.2) is 48.0 Å². The van der Waals surface area contributed by atoms with Crippen molar-refractivity contribution in [2.75, 3.05) is 0 Å². The van der Waals surface area contributed by atoms with Gasteiger partial charge in [-0.1, -0.05) is 24.2 Å². The van der Waals surface area contributed by atoms with Crippen LogP contribution in [0.2, 0.25) is 5.02 Å². The number of aliphatic hydroxyl groups excluding tert-OH is 1. The smallest absolute Gasteiger partial charge is 0.341 e. The summed E-state index contributed by atoms with van der Waals surface area (Å²) in [5.74, 6) is -0.421. The van der Waals surface area contributed by atoms with Gasteiger partial charge in [0.1, 0.15) is 16.9 Å². The number of carbonyl (C=O) groups is 1. The molecule has 4 nitrogen and oxygen atoms in total. The number of ether oxygens (including phenoxy) is 1. The lowest BCUT2D eigenvalue weighted by atomic mass is 10.2. The van der Waals surface area contributed by atoms with Crippen LogP contribution in [0, 0.1) is 0 Å². The highest BCUT2D eigenvalue weighted by atomic mass is 35.5. The van der Waals surface area contributed by atoms with Crippen LogP contribution in [0.4, 0.5) is 0 Å². The van der Waals surface area contributed by atoms with Crippen molar-refractivity contribution in [3.05, 3.63) is 58.0 Å². The lowest BCUT2D eigenvalue weighted by molar-refractivity contribution is -0.131. The quantitative estimate of drug-likeness (QED) is 0.535. The topological polar surface area (TPSA) is 59.4 Å². The van der Waals surface area contributed by atoms with Crippen LogP contribution in [0.3, 0.4) is 0 Å². The van der Waals surface area contributed by atoms with Crippen molar-refractivity contribution in [1.29, 1.82) is 0 Å². The number of halogens is 1. The monoisotopic (exact) mass is 295 g/mol. The molecule has 0 radical (unpaired) electrons. The van der Waals surface area contributed by atoms with E-state index in [9.17, 15) is 9.90 Å². The third-order valence-electron chi connectivity index (χ3n) is 2.28. The van der Waals surface area contributed by atoms with Gasteiger partial charge in [-0.2, -0.15) is 0 Å². The molecule has 2 rings (SSSR count). The highest BCUT2D eigenvalue weighted by Crippen LogP contribution is 2.24. The lowest BCUT2D eigenvalue weighted by Gasteiger charge is -2.10. The van der Waals surface area contributed by atoms with E-state index in [4.69, 9.17) is 16.3 Å². The Morgan fingerprint density at radius 2 is 2.32 bits per heavy atom. The Labute approximate surface area is 118 Å². The van der Waals surface area contributed by atoms with Crippen molar-refractivity contribution in [3.8, 4) is 5.75 Å². The zero-order chi connectivity index (χ0) is 13.8. The van der Waals surface area contributed by atoms with Crippen LogP contribution in [-0.4, -0.2) is 16.1 Å². The van der Waals surface area contributed by atoms with Crippen LogP contribution in [0.25, 0.3) is 0 Å². The Bertz CT molecular complexity index is 598. The normalized spacial score (nSPS) is 11.9. The summed E-state index contributed by atoms with van der Waals surface area (Å²) < 4.78 is 5.07. The van der Waals surface area contributed by atoms with Gasteiger partial charge in [0, 0.05) is 16.6 Å². The van der Waals surface area contributed by atoms with Crippen molar-refractivity contribution in [2.45, 2.75) is 6.10 Å². The van der Waals surface area contributed by atoms with Gasteiger partial charge in [-0.05, 0) is 18.2 Å². The van der Waals surface area contributed by atoms with Crippen LogP contribution >= 0.6 is 22.9 Å². The van der Waals surface area contributed by atoms with Crippen LogP contribution in [0.5, 0.6) is 5.75 Å². The van der Waals surface area contributed by atoms with E-state index in [0.717, 1.165) is 0 Å². The largest absolute Gasteiger partial charge is 0.423 e. The van der Waals surface area contributed by atoms with Gasteiger partial charge in [0.15, 0.2) is 0 Å². The van der Waals surface area contributed by atoms with Gasteiger partial charge in [-0.25, -0.2) is 9.78 Å². The maximum absolute atomic E-state index is 11.8. The molecule has 2 aromatic rings. The van der Waals surface area contributed by atoms with E-state index >= 15 is 0 Å². The second-order valence-electron chi connectivity index (χ2n) is 3.65. The number of benzene rings is 1. The molecule has 19 heavy (non-hydrogen) atoms. The first-order chi connectivity index (χ1) is 9.08. The molecule has 0 saturated carbocycles. The molecule has 0 aliphatic rings. The van der Waals surface area contributed by atoms with E-state index < -0.39 is 12.1 Å². The zero-order valence-electron chi connectivity index (χ0n) is 9.75. The SMILES string of the molecule is C=C(C(=O)Oc1cccc(Cl)c1)C(O)c1nccs1. The van der Waals surface area contributed by atoms with E-state index in [0.29, 0.717) is 15.8 Å². The molecule has 6 heteroatoms. The minimum atomic E-state index is -1.16. The van der Waals surface area contributed by atoms with E-state index in [-0.39, 0.29) is 5.57 Å². The van der Waals surface area contributed by atoms with Gasteiger partial charge >= 0.3 is 5.97 Å². The predicted molar refractivity (Wildman–Crippen MR) is 73.3 cm³/mol. The fourth-order valence-corrected chi connectivity index (χ4v) is 2.17. The number of rotatable bonds is 4. The van der Waals surface area contributed by atoms with Gasteiger partial charge in [0.05, 0.1) is 5.57 Å². The van der Waals surface area contributed by atoms with Crippen molar-refractivity contribution in [3.63, 3.8) is 0 Å². The van der Waals surface area contributed by atoms with Crippen molar-refractivity contribution >= 4 is 28.9 Å². The predicted octanol–water partition coefficient (Wildman–Crippen LogP) is 2.99. The Kier molecular flexibility index (Phi) is 4.31. The summed E-state index contributed by atoms with van der Waals surface area (Å²) in [6.45, 7) is 3.54. The third-order valence-corrected chi connectivity index (χ3v) is 3.35. The summed E-state index contributed by atoms with van der Waals surface area (Å²) in [6.07, 6.45) is 0.380. The average Bonchev–Trinajstić information content (AvgIpc) is 2.90. The number of nitrogens with zero attached hydrogens (tertiary/aromatic N) is 1. The minimum absolute atomic E-state index is 0.0741. The van der Waals surface area contributed by atoms with Crippen LogP contribution in [-0.2, 0) is 4.79 Å². The zero-order valence-corrected chi connectivity index (χ0v) is 11.3. The first-order valence-electron chi connectivity index (χ1n) is 5.32. The van der Waals surface area contributed by atoms with Crippen molar-refractivity contribution < 1.29 is 14.6 Å². The fourth-order valence-electron chi connectivity index (χ4n) is 1.33. The Morgan fingerprint density at radius 3 is 2.95 bits per heavy atom. The molecule has 1 heterocycles. The molecule has 98 valence electrons. The number of hydrogen-bond donors (Lipinski definition) is 1. The Balaban J connectivity index is 2.06. The number of hydrogen-bond acceptors (Lipinski definition) is 5. The van der Waals surface area contributed by atoms with Crippen LogP contribution < -0.4 is 4.74 Å². The molecular weight excluding hydrogens is 286 g/mol. The number of aromatic nitrogens is 1. The molecular formula is C13H10ClNO3S. The van der Waals surface area contributed by atoms with Gasteiger partial charge in [-0.3, -0.25) is 0 Å². The van der Waals surface area contributed by atoms with Gasteiger partial charge in [-0.15, -0.1) is 11.3 Å². The van der Waals surface area contributed by atoms with Gasteiger partial charge < -0.3 is 9.84 Å². The number of carbonyl (C=O) groups excluding carboxylic acids is 1. The molecule has 1 aromatic carbocycles. The van der Waals surface area contributed by atoms with Crippen molar-refractivity contribution in [1.82, 2.24) is 4.98 Å². The maximum atomic E-state index is 11.8. The standard InChI is InChI=1S/C13H10ClNO3S/c1-8(11(16)12-15-5-6-19-12)13(17)18-10-4-2-3-9(14)7-10/h2-7,11,16H,1H2. The number of aliphatic hydroxyl groups is 1. The molecule has 0 saturated heterocycles. The van der Waals surface area contributed by atoms with E-state index in [1.165, 1.54) is 17.4 Å². The highest BCUT2D eigenvalue weighted by Gasteiger charge is 2.22. The maximum Gasteiger partial charge on any atom is 0.341 e. The average molecular weight is 296 g/mol. The second-order valence-corrected chi connectivity index (χ2v) is 5.01.